The van der Waals surface area contributed by atoms with E-state index in [2.05, 4.69) is 32.4 Å². The average Bonchev–Trinajstić information content (AvgIpc) is 3.31. The van der Waals surface area contributed by atoms with E-state index in [4.69, 9.17) is 0 Å². The number of allylic oxidation sites excluding steroid dienone is 1. The van der Waals surface area contributed by atoms with Gasteiger partial charge in [0.05, 0.1) is 5.57 Å². The molecule has 0 aliphatic carbocycles. The highest BCUT2D eigenvalue weighted by molar-refractivity contribution is 6.37. The van der Waals surface area contributed by atoms with Crippen LogP contribution in [0.25, 0.3) is 11.1 Å². The first-order chi connectivity index (χ1) is 13.9. The first-order valence-electron chi connectivity index (χ1n) is 9.62. The van der Waals surface area contributed by atoms with Gasteiger partial charge in [-0.05, 0) is 37.6 Å². The predicted octanol–water partition coefficient (Wildman–Crippen LogP) is 3.73. The van der Waals surface area contributed by atoms with E-state index in [0.717, 1.165) is 32.5 Å². The number of rotatable bonds is 4. The van der Waals surface area contributed by atoms with Crippen LogP contribution in [-0.2, 0) is 4.79 Å². The summed E-state index contributed by atoms with van der Waals surface area (Å²) in [5.74, 6) is -1.15. The topological polar surface area (TPSA) is 73.0 Å². The molecule has 1 amide bonds. The van der Waals surface area contributed by atoms with Gasteiger partial charge in [-0.1, -0.05) is 6.92 Å². The minimum atomic E-state index is -4.73. The largest absolute Gasteiger partial charge is 0.420 e. The van der Waals surface area contributed by atoms with Gasteiger partial charge in [0, 0.05) is 48.5 Å². The second-order valence-electron chi connectivity index (χ2n) is 7.25. The maximum Gasteiger partial charge on any atom is 0.420 e. The number of nitrogens with zero attached hydrogens (tertiary/aromatic N) is 2. The Kier molecular flexibility index (Phi) is 5.08. The van der Waals surface area contributed by atoms with Gasteiger partial charge in [-0.15, -0.1) is 0 Å². The van der Waals surface area contributed by atoms with Crippen molar-refractivity contribution in [2.75, 3.05) is 30.3 Å². The quantitative estimate of drug-likeness (QED) is 0.678. The molecule has 0 atom stereocenters. The van der Waals surface area contributed by atoms with Gasteiger partial charge in [0.15, 0.2) is 0 Å². The van der Waals surface area contributed by atoms with Crippen molar-refractivity contribution in [1.29, 1.82) is 0 Å². The Hall–Kier alpha value is -2.81. The van der Waals surface area contributed by atoms with Crippen LogP contribution >= 0.6 is 0 Å². The van der Waals surface area contributed by atoms with Gasteiger partial charge in [0.25, 0.3) is 5.91 Å². The molecule has 0 radical (unpaired) electrons. The second kappa shape index (κ2) is 7.55. The number of imidazole rings is 1. The van der Waals surface area contributed by atoms with Crippen LogP contribution in [0.15, 0.2) is 30.6 Å². The molecule has 154 valence electrons. The lowest BCUT2D eigenvalue weighted by Gasteiger charge is -2.32. The van der Waals surface area contributed by atoms with Gasteiger partial charge in [0.2, 0.25) is 0 Å². The van der Waals surface area contributed by atoms with Crippen molar-refractivity contribution in [3.8, 4) is 0 Å². The molecular formula is C20H22F3N5O. The Morgan fingerprint density at radius 1 is 1.31 bits per heavy atom. The normalized spacial score (nSPS) is 19.8. The van der Waals surface area contributed by atoms with Crippen LogP contribution in [0.3, 0.4) is 0 Å². The van der Waals surface area contributed by atoms with E-state index in [9.17, 15) is 18.0 Å². The van der Waals surface area contributed by atoms with Crippen molar-refractivity contribution in [1.82, 2.24) is 14.9 Å². The second-order valence-corrected chi connectivity index (χ2v) is 7.25. The van der Waals surface area contributed by atoms with Crippen LogP contribution in [-0.4, -0.2) is 52.6 Å². The molecule has 6 nitrogen and oxygen atoms in total. The molecule has 1 aromatic heterocycles. The number of aromatic amines is 1. The first kappa shape index (κ1) is 19.5. The van der Waals surface area contributed by atoms with E-state index in [1.807, 2.05) is 0 Å². The molecule has 29 heavy (non-hydrogen) atoms. The van der Waals surface area contributed by atoms with E-state index < -0.39 is 23.2 Å². The van der Waals surface area contributed by atoms with Gasteiger partial charge >= 0.3 is 6.18 Å². The molecular weight excluding hydrogens is 383 g/mol. The molecule has 0 bridgehead atoms. The number of anilines is 2. The fourth-order valence-electron chi connectivity index (χ4n) is 3.93. The summed E-state index contributed by atoms with van der Waals surface area (Å²) in [6.07, 6.45) is -0.273. The van der Waals surface area contributed by atoms with E-state index in [1.54, 1.807) is 18.2 Å². The van der Waals surface area contributed by atoms with Crippen LogP contribution in [0.5, 0.6) is 0 Å². The number of benzene rings is 1. The van der Waals surface area contributed by atoms with Gasteiger partial charge in [-0.2, -0.15) is 13.2 Å². The molecule has 2 aromatic rings. The zero-order chi connectivity index (χ0) is 20.6. The molecule has 2 aliphatic rings. The summed E-state index contributed by atoms with van der Waals surface area (Å²) in [6.45, 7) is 5.12. The fourth-order valence-corrected chi connectivity index (χ4v) is 3.93. The minimum Gasteiger partial charge on any atom is -0.382 e. The number of amides is 1. The Labute approximate surface area is 166 Å². The van der Waals surface area contributed by atoms with Crippen LogP contribution in [0.4, 0.5) is 24.5 Å². The number of H-pyrrole nitrogens is 1. The SMILES string of the molecule is CCN1CCC(Nc2ccc3c(c2)C(=C(c2ncc[nH]2)C(F)(F)F)C(=O)N3)CC1. The lowest BCUT2D eigenvalue weighted by molar-refractivity contribution is -0.111. The number of carbonyl (C=O) groups is 1. The van der Waals surface area contributed by atoms with Crippen LogP contribution in [0.1, 0.15) is 31.2 Å². The summed E-state index contributed by atoms with van der Waals surface area (Å²) >= 11 is 0. The third kappa shape index (κ3) is 3.87. The first-order valence-corrected chi connectivity index (χ1v) is 9.62. The standard InChI is InChI=1S/C20H22F3N5O/c1-2-28-9-5-12(6-10-28)26-13-3-4-15-14(11-13)16(19(29)27-15)17(20(21,22)23)18-24-7-8-25-18/h3-4,7-8,11-12,26H,2,5-6,9-10H2,1H3,(H,24,25)(H,27,29). The minimum absolute atomic E-state index is 0.231. The Balaban J connectivity index is 1.69. The van der Waals surface area contributed by atoms with Gasteiger partial charge in [0.1, 0.15) is 11.4 Å². The summed E-state index contributed by atoms with van der Waals surface area (Å²) in [4.78, 5) is 21.0. The number of carbonyl (C=O) groups excluding carboxylic acids is 1. The van der Waals surface area contributed by atoms with E-state index in [-0.39, 0.29) is 17.4 Å². The van der Waals surface area contributed by atoms with Crippen LogP contribution in [0, 0.1) is 0 Å². The van der Waals surface area contributed by atoms with Gasteiger partial charge in [-0.25, -0.2) is 4.98 Å². The molecule has 9 heteroatoms. The van der Waals surface area contributed by atoms with Gasteiger partial charge < -0.3 is 20.5 Å². The number of fused-ring (bicyclic) bond motifs is 1. The molecule has 0 saturated carbocycles. The number of halogens is 3. The number of nitrogens with one attached hydrogen (secondary N) is 3. The smallest absolute Gasteiger partial charge is 0.382 e. The molecule has 0 spiro atoms. The monoisotopic (exact) mass is 405 g/mol. The summed E-state index contributed by atoms with van der Waals surface area (Å²) in [5, 5.41) is 5.94. The number of hydrogen-bond donors (Lipinski definition) is 3. The highest BCUT2D eigenvalue weighted by atomic mass is 19.4. The molecule has 3 heterocycles. The molecule has 2 aliphatic heterocycles. The maximum atomic E-state index is 13.8. The van der Waals surface area contributed by atoms with Crippen molar-refractivity contribution in [3.63, 3.8) is 0 Å². The maximum absolute atomic E-state index is 13.8. The van der Waals surface area contributed by atoms with Crippen molar-refractivity contribution >= 4 is 28.4 Å². The predicted molar refractivity (Wildman–Crippen MR) is 105 cm³/mol. The Morgan fingerprint density at radius 3 is 2.69 bits per heavy atom. The molecule has 1 saturated heterocycles. The lowest BCUT2D eigenvalue weighted by Crippen LogP contribution is -2.38. The zero-order valence-electron chi connectivity index (χ0n) is 15.9. The van der Waals surface area contributed by atoms with E-state index >= 15 is 0 Å². The number of hydrogen-bond acceptors (Lipinski definition) is 4. The molecule has 1 fully saturated rings. The third-order valence-corrected chi connectivity index (χ3v) is 5.44. The molecule has 1 aromatic carbocycles. The van der Waals surface area contributed by atoms with Gasteiger partial charge in [-0.3, -0.25) is 4.79 Å². The fraction of sp³-hybridized carbons (Fsp3) is 0.400. The summed E-state index contributed by atoms with van der Waals surface area (Å²) < 4.78 is 41.5. The number of alkyl halides is 3. The average molecular weight is 405 g/mol. The summed E-state index contributed by atoms with van der Waals surface area (Å²) in [6, 6.07) is 5.29. The van der Waals surface area contributed by atoms with Crippen molar-refractivity contribution < 1.29 is 18.0 Å². The van der Waals surface area contributed by atoms with E-state index in [1.165, 1.54) is 12.4 Å². The number of aromatic nitrogens is 2. The highest BCUT2D eigenvalue weighted by Gasteiger charge is 2.43. The van der Waals surface area contributed by atoms with Crippen LogP contribution < -0.4 is 10.6 Å². The van der Waals surface area contributed by atoms with Crippen molar-refractivity contribution in [3.05, 3.63) is 42.0 Å². The Bertz CT molecular complexity index is 928. The van der Waals surface area contributed by atoms with Crippen LogP contribution in [0.2, 0.25) is 0 Å². The van der Waals surface area contributed by atoms with E-state index in [0.29, 0.717) is 11.4 Å². The lowest BCUT2D eigenvalue weighted by atomic mass is 9.98. The van der Waals surface area contributed by atoms with Crippen molar-refractivity contribution in [2.45, 2.75) is 32.0 Å². The van der Waals surface area contributed by atoms with Crippen molar-refractivity contribution in [2.24, 2.45) is 0 Å². The summed E-state index contributed by atoms with van der Waals surface area (Å²) in [7, 11) is 0. The molecule has 4 rings (SSSR count). The highest BCUT2D eigenvalue weighted by Crippen LogP contribution is 2.44. The third-order valence-electron chi connectivity index (χ3n) is 5.44. The molecule has 3 N–H and O–H groups in total. The Morgan fingerprint density at radius 2 is 2.07 bits per heavy atom. The molecule has 0 unspecified atom stereocenters. The number of likely N-dealkylation sites (tertiary alicyclic amines) is 1. The zero-order valence-corrected chi connectivity index (χ0v) is 15.9. The number of piperidine rings is 1. The summed E-state index contributed by atoms with van der Waals surface area (Å²) in [5.41, 5.74) is -0.174.